The molecule has 8 nitrogen and oxygen atoms in total. The maximum Gasteiger partial charge on any atom is 0.305 e. The second kappa shape index (κ2) is 12.6. The Kier molecular flexibility index (Phi) is 9.46. The summed E-state index contributed by atoms with van der Waals surface area (Å²) in [6.07, 6.45) is 0.553. The fourth-order valence-electron chi connectivity index (χ4n) is 4.18. The molecule has 3 aromatic rings. The Hall–Kier alpha value is -4.48. The number of rotatable bonds is 10. The number of nitrogens with zero attached hydrogens (tertiary/aromatic N) is 1. The fraction of sp³-hybridized carbons (Fsp3) is 0.286. The number of halogens is 4. The zero-order valence-electron chi connectivity index (χ0n) is 21.8. The number of hydrogen-bond donors (Lipinski definition) is 3. The molecular formula is C28H27F4N3O5. The lowest BCUT2D eigenvalue weighted by Gasteiger charge is -2.25. The second-order valence-corrected chi connectivity index (χ2v) is 9.61. The van der Waals surface area contributed by atoms with Gasteiger partial charge in [0.15, 0.2) is 11.6 Å². The van der Waals surface area contributed by atoms with Gasteiger partial charge in [0.2, 0.25) is 5.91 Å². The number of pyridine rings is 1. The number of carbonyl (C=O) groups is 3. The molecule has 0 saturated heterocycles. The van der Waals surface area contributed by atoms with Crippen molar-refractivity contribution in [1.29, 1.82) is 0 Å². The molecule has 3 rings (SSSR count). The lowest BCUT2D eigenvalue weighted by Crippen LogP contribution is -2.49. The van der Waals surface area contributed by atoms with Crippen molar-refractivity contribution in [2.75, 3.05) is 0 Å². The van der Waals surface area contributed by atoms with Gasteiger partial charge in [-0.2, -0.15) is 0 Å². The van der Waals surface area contributed by atoms with Crippen LogP contribution in [-0.4, -0.2) is 33.5 Å². The summed E-state index contributed by atoms with van der Waals surface area (Å²) in [7, 11) is 1.43. The molecule has 2 aromatic carbocycles. The Labute approximate surface area is 226 Å². The minimum atomic E-state index is -1.69. The van der Waals surface area contributed by atoms with Crippen LogP contribution in [0.2, 0.25) is 0 Å². The third-order valence-corrected chi connectivity index (χ3v) is 6.08. The van der Waals surface area contributed by atoms with E-state index < -0.39 is 81.8 Å². The number of carbonyl (C=O) groups excluding carboxylic acids is 2. The summed E-state index contributed by atoms with van der Waals surface area (Å²) in [5.74, 6) is -8.66. The Bertz CT molecular complexity index is 1490. The van der Waals surface area contributed by atoms with E-state index in [0.29, 0.717) is 6.07 Å². The molecule has 0 saturated carbocycles. The minimum Gasteiger partial charge on any atom is -0.481 e. The van der Waals surface area contributed by atoms with Gasteiger partial charge in [-0.15, -0.1) is 0 Å². The third kappa shape index (κ3) is 6.93. The van der Waals surface area contributed by atoms with Gasteiger partial charge in [0.05, 0.1) is 18.0 Å². The quantitative estimate of drug-likeness (QED) is 0.323. The van der Waals surface area contributed by atoms with Crippen LogP contribution >= 0.6 is 0 Å². The molecule has 1 heterocycles. The van der Waals surface area contributed by atoms with Crippen LogP contribution in [0.25, 0.3) is 11.1 Å². The van der Waals surface area contributed by atoms with Crippen LogP contribution in [-0.2, 0) is 16.6 Å². The third-order valence-electron chi connectivity index (χ3n) is 6.08. The second-order valence-electron chi connectivity index (χ2n) is 9.61. The molecule has 2 atom stereocenters. The molecule has 12 heteroatoms. The number of aromatic nitrogens is 1. The molecule has 1 aromatic heterocycles. The van der Waals surface area contributed by atoms with Crippen LogP contribution in [0.15, 0.2) is 53.5 Å². The summed E-state index contributed by atoms with van der Waals surface area (Å²) < 4.78 is 59.5. The van der Waals surface area contributed by atoms with Gasteiger partial charge in [-0.3, -0.25) is 19.2 Å². The van der Waals surface area contributed by atoms with Gasteiger partial charge < -0.3 is 20.3 Å². The molecule has 0 spiro atoms. The standard InChI is InChI=1S/C28H27F4N3O5/c1-14(2)10-22(34-26(38)16-6-5-9-35(3)28(16)40)27(39)33-21(13-23(36)37)17-11-15(12-20(31)25(17)32)24-18(29)7-4-8-19(24)30/h4-9,11-12,14,21-22H,10,13H2,1-3H3,(H,33,39)(H,34,38)(H,36,37)/t21-,22-/m0/s1. The van der Waals surface area contributed by atoms with E-state index in [1.165, 1.54) is 25.4 Å². The predicted octanol–water partition coefficient (Wildman–Crippen LogP) is 4.09. The number of aliphatic carboxylic acids is 1. The number of nitrogens with one attached hydrogen (secondary N) is 2. The van der Waals surface area contributed by atoms with Crippen LogP contribution in [0.3, 0.4) is 0 Å². The maximum absolute atomic E-state index is 15.0. The van der Waals surface area contributed by atoms with Gasteiger partial charge in [-0.1, -0.05) is 19.9 Å². The number of carboxylic acid groups (broad SMARTS) is 1. The molecule has 0 aliphatic carbocycles. The zero-order valence-corrected chi connectivity index (χ0v) is 21.8. The summed E-state index contributed by atoms with van der Waals surface area (Å²) in [6, 6.07) is 4.06. The van der Waals surface area contributed by atoms with E-state index in [-0.39, 0.29) is 17.9 Å². The van der Waals surface area contributed by atoms with Crippen molar-refractivity contribution < 1.29 is 37.1 Å². The first kappa shape index (κ1) is 30.1. The average Bonchev–Trinajstić information content (AvgIpc) is 2.86. The highest BCUT2D eigenvalue weighted by atomic mass is 19.2. The number of benzene rings is 2. The van der Waals surface area contributed by atoms with Crippen LogP contribution in [0.5, 0.6) is 0 Å². The predicted molar refractivity (Wildman–Crippen MR) is 137 cm³/mol. The van der Waals surface area contributed by atoms with Crippen molar-refractivity contribution in [3.05, 3.63) is 93.4 Å². The van der Waals surface area contributed by atoms with Gasteiger partial charge >= 0.3 is 5.97 Å². The Morgan fingerprint density at radius 1 is 0.950 bits per heavy atom. The highest BCUT2D eigenvalue weighted by Gasteiger charge is 2.30. The molecule has 212 valence electrons. The zero-order chi connectivity index (χ0) is 29.7. The van der Waals surface area contributed by atoms with Crippen molar-refractivity contribution in [3.63, 3.8) is 0 Å². The van der Waals surface area contributed by atoms with Crippen molar-refractivity contribution in [2.24, 2.45) is 13.0 Å². The Morgan fingerprint density at radius 3 is 2.20 bits per heavy atom. The van der Waals surface area contributed by atoms with Gasteiger partial charge in [-0.25, -0.2) is 17.6 Å². The largest absolute Gasteiger partial charge is 0.481 e. The van der Waals surface area contributed by atoms with Crippen LogP contribution in [0.4, 0.5) is 17.6 Å². The highest BCUT2D eigenvalue weighted by molar-refractivity contribution is 5.97. The van der Waals surface area contributed by atoms with Crippen molar-refractivity contribution in [1.82, 2.24) is 15.2 Å². The molecular weight excluding hydrogens is 534 g/mol. The lowest BCUT2D eigenvalue weighted by atomic mass is 9.95. The smallest absolute Gasteiger partial charge is 0.305 e. The molecule has 0 unspecified atom stereocenters. The fourth-order valence-corrected chi connectivity index (χ4v) is 4.18. The molecule has 0 aliphatic rings. The van der Waals surface area contributed by atoms with E-state index in [4.69, 9.17) is 0 Å². The van der Waals surface area contributed by atoms with E-state index >= 15 is 0 Å². The molecule has 3 N–H and O–H groups in total. The van der Waals surface area contributed by atoms with Gasteiger partial charge in [0.1, 0.15) is 23.2 Å². The highest BCUT2D eigenvalue weighted by Crippen LogP contribution is 2.32. The van der Waals surface area contributed by atoms with Crippen molar-refractivity contribution in [3.8, 4) is 11.1 Å². The summed E-state index contributed by atoms with van der Waals surface area (Å²) in [4.78, 5) is 50.1. The van der Waals surface area contributed by atoms with E-state index in [2.05, 4.69) is 10.6 Å². The maximum atomic E-state index is 15.0. The Morgan fingerprint density at radius 2 is 1.60 bits per heavy atom. The Balaban J connectivity index is 2.00. The molecule has 0 radical (unpaired) electrons. The number of aryl methyl sites for hydroxylation is 1. The molecule has 0 aliphatic heterocycles. The first-order valence-corrected chi connectivity index (χ1v) is 12.2. The van der Waals surface area contributed by atoms with E-state index in [1.54, 1.807) is 13.8 Å². The SMILES string of the molecule is CC(C)C[C@H](NC(=O)c1cccn(C)c1=O)C(=O)N[C@@H](CC(=O)O)c1cc(-c2c(F)cccc2F)cc(F)c1F. The first-order chi connectivity index (χ1) is 18.8. The van der Waals surface area contributed by atoms with Crippen LogP contribution in [0.1, 0.15) is 48.7 Å². The number of hydrogen-bond acceptors (Lipinski definition) is 4. The van der Waals surface area contributed by atoms with Crippen LogP contribution in [0, 0.1) is 29.2 Å². The average molecular weight is 562 g/mol. The lowest BCUT2D eigenvalue weighted by molar-refractivity contribution is -0.137. The summed E-state index contributed by atoms with van der Waals surface area (Å²) >= 11 is 0. The number of amides is 2. The molecule has 40 heavy (non-hydrogen) atoms. The first-order valence-electron chi connectivity index (χ1n) is 12.2. The number of carboxylic acids is 1. The van der Waals surface area contributed by atoms with Crippen molar-refractivity contribution in [2.45, 2.75) is 38.8 Å². The van der Waals surface area contributed by atoms with Crippen LogP contribution < -0.4 is 16.2 Å². The van der Waals surface area contributed by atoms with Crippen molar-refractivity contribution >= 4 is 17.8 Å². The van der Waals surface area contributed by atoms with E-state index in [0.717, 1.165) is 28.8 Å². The minimum absolute atomic E-state index is 0.0435. The summed E-state index contributed by atoms with van der Waals surface area (Å²) in [5.41, 5.74) is -2.62. The molecule has 0 fully saturated rings. The van der Waals surface area contributed by atoms with Gasteiger partial charge in [0, 0.05) is 18.8 Å². The van der Waals surface area contributed by atoms with E-state index in [1.807, 2.05) is 0 Å². The summed E-state index contributed by atoms with van der Waals surface area (Å²) in [5, 5.41) is 14.2. The van der Waals surface area contributed by atoms with Gasteiger partial charge in [0.25, 0.3) is 11.5 Å². The van der Waals surface area contributed by atoms with E-state index in [9.17, 15) is 41.8 Å². The molecule has 0 bridgehead atoms. The molecule has 2 amide bonds. The van der Waals surface area contributed by atoms with Gasteiger partial charge in [-0.05, 0) is 54.3 Å². The summed E-state index contributed by atoms with van der Waals surface area (Å²) in [6.45, 7) is 3.48. The monoisotopic (exact) mass is 561 g/mol. The topological polar surface area (TPSA) is 118 Å². The normalized spacial score (nSPS) is 12.6.